The van der Waals surface area contributed by atoms with Crippen molar-refractivity contribution in [2.75, 3.05) is 0 Å². The van der Waals surface area contributed by atoms with Gasteiger partial charge in [0.2, 0.25) is 6.08 Å². The van der Waals surface area contributed by atoms with E-state index in [1.165, 1.54) is 6.08 Å². The van der Waals surface area contributed by atoms with E-state index < -0.39 is 0 Å². The van der Waals surface area contributed by atoms with Crippen molar-refractivity contribution in [3.63, 3.8) is 0 Å². The number of nitrogens with zero attached hydrogens (tertiary/aromatic N) is 2. The minimum absolute atomic E-state index is 0.379. The Balaban J connectivity index is 2.87. The lowest BCUT2D eigenvalue weighted by molar-refractivity contribution is 0.565. The molecule has 0 unspecified atom stereocenters. The molecule has 1 N–H and O–H groups in total. The summed E-state index contributed by atoms with van der Waals surface area (Å²) >= 11 is 5.81. The molecule has 1 aromatic heterocycles. The molecular weight excluding hydrogens is 190 g/mol. The number of aromatic nitrogens is 2. The number of rotatable bonds is 1. The Morgan fingerprint density at radius 1 is 1.54 bits per heavy atom. The van der Waals surface area contributed by atoms with Gasteiger partial charge in [-0.15, -0.1) is 0 Å². The fourth-order valence-corrected chi connectivity index (χ4v) is 1.39. The van der Waals surface area contributed by atoms with Crippen molar-refractivity contribution in [2.24, 2.45) is 4.99 Å². The lowest BCUT2D eigenvalue weighted by Crippen LogP contribution is -1.68. The van der Waals surface area contributed by atoms with E-state index in [2.05, 4.69) is 15.2 Å². The summed E-state index contributed by atoms with van der Waals surface area (Å²) in [5, 5.41) is 7.54. The first-order chi connectivity index (χ1) is 6.33. The summed E-state index contributed by atoms with van der Waals surface area (Å²) < 4.78 is 0. The highest BCUT2D eigenvalue weighted by Gasteiger charge is 2.06. The highest BCUT2D eigenvalue weighted by atomic mass is 35.5. The molecule has 1 aromatic carbocycles. The molecule has 1 heterocycles. The van der Waals surface area contributed by atoms with Gasteiger partial charge in [0.05, 0.1) is 16.6 Å². The molecule has 0 radical (unpaired) electrons. The standard InChI is InChI=1S/C8H4ClN3O/c9-8-7-5(10-4-13)2-1-3-6(7)11-12-8/h1-3H,(H,11,12). The van der Waals surface area contributed by atoms with Crippen LogP contribution in [0.1, 0.15) is 0 Å². The Hall–Kier alpha value is -1.64. The number of H-pyrrole nitrogens is 1. The minimum atomic E-state index is 0.379. The predicted molar refractivity (Wildman–Crippen MR) is 48.9 cm³/mol. The molecule has 0 spiro atoms. The van der Waals surface area contributed by atoms with Crippen molar-refractivity contribution in [2.45, 2.75) is 0 Å². The summed E-state index contributed by atoms with van der Waals surface area (Å²) in [6, 6.07) is 5.20. The van der Waals surface area contributed by atoms with Crippen LogP contribution in [0.4, 0.5) is 5.69 Å². The number of carbonyl (C=O) groups excluding carboxylic acids is 1. The lowest BCUT2D eigenvalue weighted by atomic mass is 10.2. The van der Waals surface area contributed by atoms with Crippen LogP contribution < -0.4 is 0 Å². The molecule has 64 valence electrons. The van der Waals surface area contributed by atoms with E-state index in [9.17, 15) is 4.79 Å². The normalized spacial score (nSPS) is 9.92. The van der Waals surface area contributed by atoms with Crippen molar-refractivity contribution in [3.05, 3.63) is 23.4 Å². The summed E-state index contributed by atoms with van der Waals surface area (Å²) in [5.41, 5.74) is 1.16. The third kappa shape index (κ3) is 1.22. The van der Waals surface area contributed by atoms with Gasteiger partial charge in [-0.3, -0.25) is 5.10 Å². The van der Waals surface area contributed by atoms with Gasteiger partial charge >= 0.3 is 0 Å². The largest absolute Gasteiger partial charge is 0.266 e. The summed E-state index contributed by atoms with van der Waals surface area (Å²) in [5.74, 6) is 0. The van der Waals surface area contributed by atoms with Crippen LogP contribution in [-0.2, 0) is 4.79 Å². The van der Waals surface area contributed by atoms with E-state index in [-0.39, 0.29) is 0 Å². The van der Waals surface area contributed by atoms with Crippen molar-refractivity contribution in [3.8, 4) is 0 Å². The monoisotopic (exact) mass is 193 g/mol. The van der Waals surface area contributed by atoms with Gasteiger partial charge in [0.15, 0.2) is 0 Å². The van der Waals surface area contributed by atoms with Gasteiger partial charge in [-0.05, 0) is 12.1 Å². The summed E-state index contributed by atoms with van der Waals surface area (Å²) in [6.07, 6.45) is 1.47. The smallest absolute Gasteiger partial charge is 0.240 e. The number of nitrogens with one attached hydrogen (secondary N) is 1. The number of benzene rings is 1. The second-order valence-corrected chi connectivity index (χ2v) is 2.79. The van der Waals surface area contributed by atoms with Crippen LogP contribution in [0.25, 0.3) is 10.9 Å². The maximum Gasteiger partial charge on any atom is 0.240 e. The average Bonchev–Trinajstić information content (AvgIpc) is 2.50. The number of hydrogen-bond acceptors (Lipinski definition) is 3. The fourth-order valence-electron chi connectivity index (χ4n) is 1.15. The van der Waals surface area contributed by atoms with E-state index >= 15 is 0 Å². The van der Waals surface area contributed by atoms with E-state index in [1.54, 1.807) is 18.2 Å². The van der Waals surface area contributed by atoms with Gasteiger partial charge in [-0.25, -0.2) is 4.79 Å². The Morgan fingerprint density at radius 2 is 2.38 bits per heavy atom. The molecule has 0 saturated carbocycles. The first kappa shape index (κ1) is 7.98. The van der Waals surface area contributed by atoms with Crippen LogP contribution in [-0.4, -0.2) is 16.3 Å². The number of fused-ring (bicyclic) bond motifs is 1. The maximum absolute atomic E-state index is 10.1. The van der Waals surface area contributed by atoms with Crippen molar-refractivity contribution in [1.82, 2.24) is 10.2 Å². The lowest BCUT2D eigenvalue weighted by Gasteiger charge is -1.91. The van der Waals surface area contributed by atoms with Gasteiger partial charge in [0.1, 0.15) is 5.15 Å². The molecule has 0 bridgehead atoms. The van der Waals surface area contributed by atoms with Gasteiger partial charge in [-0.1, -0.05) is 17.7 Å². The summed E-state index contributed by atoms with van der Waals surface area (Å²) in [7, 11) is 0. The van der Waals surface area contributed by atoms with Crippen LogP contribution in [0.2, 0.25) is 5.15 Å². The number of aromatic amines is 1. The third-order valence-corrected chi connectivity index (χ3v) is 1.95. The topological polar surface area (TPSA) is 58.1 Å². The SMILES string of the molecule is O=C=Nc1cccc2n[nH]c(Cl)c12. The molecule has 4 nitrogen and oxygen atoms in total. The molecule has 0 amide bonds. The highest BCUT2D eigenvalue weighted by molar-refractivity contribution is 6.35. The number of aliphatic imine (C=N–C) groups is 1. The first-order valence-electron chi connectivity index (χ1n) is 3.53. The molecule has 0 fully saturated rings. The predicted octanol–water partition coefficient (Wildman–Crippen LogP) is 2.18. The van der Waals surface area contributed by atoms with E-state index in [0.29, 0.717) is 21.7 Å². The van der Waals surface area contributed by atoms with Crippen LogP contribution in [0.3, 0.4) is 0 Å². The highest BCUT2D eigenvalue weighted by Crippen LogP contribution is 2.29. The Morgan fingerprint density at radius 3 is 3.15 bits per heavy atom. The average molecular weight is 194 g/mol. The van der Waals surface area contributed by atoms with Crippen molar-refractivity contribution in [1.29, 1.82) is 0 Å². The van der Waals surface area contributed by atoms with Crippen LogP contribution in [0.15, 0.2) is 23.2 Å². The molecule has 5 heteroatoms. The summed E-state index contributed by atoms with van der Waals surface area (Å²) in [4.78, 5) is 13.6. The second kappa shape index (κ2) is 3.01. The Bertz CT molecular complexity index is 499. The maximum atomic E-state index is 10.1. The second-order valence-electron chi connectivity index (χ2n) is 2.41. The molecule has 2 aromatic rings. The van der Waals surface area contributed by atoms with Crippen molar-refractivity contribution < 1.29 is 4.79 Å². The van der Waals surface area contributed by atoms with Crippen LogP contribution >= 0.6 is 11.6 Å². The summed E-state index contributed by atoms with van der Waals surface area (Å²) in [6.45, 7) is 0. The van der Waals surface area contributed by atoms with E-state index in [4.69, 9.17) is 11.6 Å². The minimum Gasteiger partial charge on any atom is -0.266 e. The quantitative estimate of drug-likeness (QED) is 0.558. The molecule has 2 rings (SSSR count). The fraction of sp³-hybridized carbons (Fsp3) is 0. The van der Waals surface area contributed by atoms with E-state index in [1.807, 2.05) is 0 Å². The van der Waals surface area contributed by atoms with Crippen molar-refractivity contribution >= 4 is 34.3 Å². The molecule has 0 aliphatic heterocycles. The zero-order valence-electron chi connectivity index (χ0n) is 6.41. The molecule has 13 heavy (non-hydrogen) atoms. The van der Waals surface area contributed by atoms with Gasteiger partial charge in [0, 0.05) is 0 Å². The Labute approximate surface area is 78.2 Å². The van der Waals surface area contributed by atoms with Crippen LogP contribution in [0, 0.1) is 0 Å². The molecule has 0 saturated heterocycles. The molecular formula is C8H4ClN3O. The number of isocyanates is 1. The zero-order valence-corrected chi connectivity index (χ0v) is 7.17. The molecule has 0 atom stereocenters. The molecule has 0 aliphatic rings. The van der Waals surface area contributed by atoms with Gasteiger partial charge < -0.3 is 0 Å². The van der Waals surface area contributed by atoms with Gasteiger partial charge in [-0.2, -0.15) is 10.1 Å². The van der Waals surface area contributed by atoms with E-state index in [0.717, 1.165) is 0 Å². The number of hydrogen-bond donors (Lipinski definition) is 1. The van der Waals surface area contributed by atoms with Gasteiger partial charge in [0.25, 0.3) is 0 Å². The zero-order chi connectivity index (χ0) is 9.26. The number of halogens is 1. The molecule has 0 aliphatic carbocycles. The third-order valence-electron chi connectivity index (χ3n) is 1.68. The first-order valence-corrected chi connectivity index (χ1v) is 3.91. The van der Waals surface area contributed by atoms with Crippen LogP contribution in [0.5, 0.6) is 0 Å². The Kier molecular flexibility index (Phi) is 1.85.